The van der Waals surface area contributed by atoms with E-state index in [2.05, 4.69) is 21.2 Å². The van der Waals surface area contributed by atoms with Gasteiger partial charge in [0.05, 0.1) is 0 Å². The van der Waals surface area contributed by atoms with Gasteiger partial charge in [0.15, 0.2) is 0 Å². The van der Waals surface area contributed by atoms with E-state index in [-0.39, 0.29) is 17.9 Å². The number of carbonyl (C=O) groups is 2. The van der Waals surface area contributed by atoms with Crippen molar-refractivity contribution in [1.82, 2.24) is 5.32 Å². The second-order valence-corrected chi connectivity index (χ2v) is 7.27. The van der Waals surface area contributed by atoms with E-state index < -0.39 is 5.92 Å². The zero-order valence-electron chi connectivity index (χ0n) is 13.0. The van der Waals surface area contributed by atoms with Crippen LogP contribution in [0.2, 0.25) is 0 Å². The quantitative estimate of drug-likeness (QED) is 0.785. The van der Waals surface area contributed by atoms with Crippen molar-refractivity contribution in [3.8, 4) is 0 Å². The summed E-state index contributed by atoms with van der Waals surface area (Å²) in [5, 5.41) is 3.06. The van der Waals surface area contributed by atoms with Crippen molar-refractivity contribution < 1.29 is 9.59 Å². The highest BCUT2D eigenvalue weighted by atomic mass is 79.9. The summed E-state index contributed by atoms with van der Waals surface area (Å²) < 4.78 is 0.924. The molecule has 1 aromatic carbocycles. The number of amides is 2. The molecule has 2 fully saturated rings. The summed E-state index contributed by atoms with van der Waals surface area (Å²) in [7, 11) is 0. The molecule has 1 aromatic rings. The first kappa shape index (κ1) is 16.5. The Hall–Kier alpha value is -1.40. The molecule has 3 rings (SSSR count). The molecule has 6 heteroatoms. The molecule has 0 bridgehead atoms. The SMILES string of the molecule is NCC1CCCC1NC(=O)C1CCN(c2cccc(Br)c2)C1=O. The van der Waals surface area contributed by atoms with Crippen LogP contribution in [-0.4, -0.2) is 30.9 Å². The number of benzene rings is 1. The average Bonchev–Trinajstić information content (AvgIpc) is 3.13. The zero-order chi connectivity index (χ0) is 16.4. The van der Waals surface area contributed by atoms with Crippen LogP contribution in [0.1, 0.15) is 25.7 Å². The first-order valence-corrected chi connectivity index (χ1v) is 8.97. The molecule has 1 aliphatic heterocycles. The highest BCUT2D eigenvalue weighted by Crippen LogP contribution is 2.29. The topological polar surface area (TPSA) is 75.4 Å². The molecule has 5 nitrogen and oxygen atoms in total. The van der Waals surface area contributed by atoms with E-state index >= 15 is 0 Å². The molecule has 2 amide bonds. The number of halogens is 1. The molecule has 0 radical (unpaired) electrons. The van der Waals surface area contributed by atoms with Crippen molar-refractivity contribution in [1.29, 1.82) is 0 Å². The van der Waals surface area contributed by atoms with Gasteiger partial charge in [-0.25, -0.2) is 0 Å². The van der Waals surface area contributed by atoms with Crippen LogP contribution in [0.15, 0.2) is 28.7 Å². The molecule has 3 unspecified atom stereocenters. The summed E-state index contributed by atoms with van der Waals surface area (Å²) in [6, 6.07) is 7.73. The molecule has 23 heavy (non-hydrogen) atoms. The van der Waals surface area contributed by atoms with E-state index in [4.69, 9.17) is 5.73 Å². The summed E-state index contributed by atoms with van der Waals surface area (Å²) in [6.45, 7) is 1.17. The number of anilines is 1. The van der Waals surface area contributed by atoms with Gasteiger partial charge >= 0.3 is 0 Å². The summed E-state index contributed by atoms with van der Waals surface area (Å²) in [5.41, 5.74) is 6.60. The van der Waals surface area contributed by atoms with Crippen LogP contribution in [0.3, 0.4) is 0 Å². The molecule has 1 saturated carbocycles. The van der Waals surface area contributed by atoms with Crippen molar-refractivity contribution in [3.05, 3.63) is 28.7 Å². The average molecular weight is 380 g/mol. The highest BCUT2D eigenvalue weighted by molar-refractivity contribution is 9.10. The van der Waals surface area contributed by atoms with Crippen LogP contribution < -0.4 is 16.0 Å². The van der Waals surface area contributed by atoms with Gasteiger partial charge in [-0.05, 0) is 49.9 Å². The van der Waals surface area contributed by atoms with Crippen LogP contribution in [0.4, 0.5) is 5.69 Å². The van der Waals surface area contributed by atoms with E-state index in [1.165, 1.54) is 0 Å². The Kier molecular flexibility index (Phi) is 5.02. The molecule has 3 N–H and O–H groups in total. The molecule has 1 heterocycles. The Balaban J connectivity index is 1.65. The van der Waals surface area contributed by atoms with Crippen LogP contribution in [0, 0.1) is 11.8 Å². The van der Waals surface area contributed by atoms with Crippen molar-refractivity contribution in [2.24, 2.45) is 17.6 Å². The van der Waals surface area contributed by atoms with Gasteiger partial charge in [-0.15, -0.1) is 0 Å². The van der Waals surface area contributed by atoms with E-state index in [9.17, 15) is 9.59 Å². The van der Waals surface area contributed by atoms with E-state index in [0.29, 0.717) is 25.4 Å². The maximum absolute atomic E-state index is 12.6. The number of hydrogen-bond donors (Lipinski definition) is 2. The summed E-state index contributed by atoms with van der Waals surface area (Å²) in [4.78, 5) is 26.8. The molecule has 3 atom stereocenters. The predicted octanol–water partition coefficient (Wildman–Crippen LogP) is 2.05. The second kappa shape index (κ2) is 7.01. The minimum Gasteiger partial charge on any atom is -0.352 e. The Labute approximate surface area is 144 Å². The van der Waals surface area contributed by atoms with Crippen molar-refractivity contribution in [2.75, 3.05) is 18.0 Å². The fourth-order valence-corrected chi connectivity index (χ4v) is 4.00. The maximum Gasteiger partial charge on any atom is 0.239 e. The van der Waals surface area contributed by atoms with Crippen molar-refractivity contribution in [2.45, 2.75) is 31.7 Å². The Morgan fingerprint density at radius 2 is 2.17 bits per heavy atom. The Bertz CT molecular complexity index is 607. The highest BCUT2D eigenvalue weighted by Gasteiger charge is 2.39. The van der Waals surface area contributed by atoms with Gasteiger partial charge in [0.2, 0.25) is 11.8 Å². The van der Waals surface area contributed by atoms with Gasteiger partial charge in [0.1, 0.15) is 5.92 Å². The number of nitrogens with one attached hydrogen (secondary N) is 1. The van der Waals surface area contributed by atoms with Crippen molar-refractivity contribution >= 4 is 33.4 Å². The van der Waals surface area contributed by atoms with Crippen LogP contribution in [0.25, 0.3) is 0 Å². The first-order valence-electron chi connectivity index (χ1n) is 8.17. The standard InChI is InChI=1S/C17H22BrN3O2/c18-12-4-2-5-13(9-12)21-8-7-14(17(21)23)16(22)20-15-6-1-3-11(15)10-19/h2,4-5,9,11,14-15H,1,3,6-8,10,19H2,(H,20,22). The van der Waals surface area contributed by atoms with Gasteiger partial charge < -0.3 is 16.0 Å². The fourth-order valence-electron chi connectivity index (χ4n) is 3.62. The zero-order valence-corrected chi connectivity index (χ0v) is 14.6. The smallest absolute Gasteiger partial charge is 0.239 e. The minimum atomic E-state index is -0.576. The lowest BCUT2D eigenvalue weighted by atomic mass is 10.0. The monoisotopic (exact) mass is 379 g/mol. The Morgan fingerprint density at radius 1 is 1.35 bits per heavy atom. The van der Waals surface area contributed by atoms with Gasteiger partial charge in [-0.1, -0.05) is 28.4 Å². The number of rotatable bonds is 4. The van der Waals surface area contributed by atoms with Gasteiger partial charge in [-0.3, -0.25) is 9.59 Å². The molecule has 0 aromatic heterocycles. The third kappa shape index (κ3) is 3.43. The molecule has 1 saturated heterocycles. The number of nitrogens with zero attached hydrogens (tertiary/aromatic N) is 1. The van der Waals surface area contributed by atoms with Gasteiger partial charge in [-0.2, -0.15) is 0 Å². The van der Waals surface area contributed by atoms with E-state index in [1.807, 2.05) is 24.3 Å². The summed E-state index contributed by atoms with van der Waals surface area (Å²) >= 11 is 3.42. The fraction of sp³-hybridized carbons (Fsp3) is 0.529. The molecule has 0 spiro atoms. The maximum atomic E-state index is 12.6. The normalized spacial score (nSPS) is 27.5. The van der Waals surface area contributed by atoms with Crippen LogP contribution in [0.5, 0.6) is 0 Å². The lowest BCUT2D eigenvalue weighted by Crippen LogP contribution is -2.44. The van der Waals surface area contributed by atoms with Crippen molar-refractivity contribution in [3.63, 3.8) is 0 Å². The summed E-state index contributed by atoms with van der Waals surface area (Å²) in [6.07, 6.45) is 3.68. The molecule has 2 aliphatic rings. The molecular weight excluding hydrogens is 358 g/mol. The molecular formula is C17H22BrN3O2. The lowest BCUT2D eigenvalue weighted by molar-refractivity contribution is -0.132. The minimum absolute atomic E-state index is 0.108. The first-order chi connectivity index (χ1) is 11.1. The van der Waals surface area contributed by atoms with E-state index in [0.717, 1.165) is 29.4 Å². The van der Waals surface area contributed by atoms with Crippen LogP contribution in [-0.2, 0) is 9.59 Å². The number of hydrogen-bond acceptors (Lipinski definition) is 3. The third-order valence-electron chi connectivity index (χ3n) is 4.93. The lowest BCUT2D eigenvalue weighted by Gasteiger charge is -2.21. The second-order valence-electron chi connectivity index (χ2n) is 6.35. The molecule has 1 aliphatic carbocycles. The molecule has 124 valence electrons. The number of nitrogens with two attached hydrogens (primary N) is 1. The summed E-state index contributed by atoms with van der Waals surface area (Å²) in [5.74, 6) is -0.481. The van der Waals surface area contributed by atoms with Gasteiger partial charge in [0, 0.05) is 22.7 Å². The van der Waals surface area contributed by atoms with Gasteiger partial charge in [0.25, 0.3) is 0 Å². The number of carbonyl (C=O) groups excluding carboxylic acids is 2. The predicted molar refractivity (Wildman–Crippen MR) is 92.9 cm³/mol. The third-order valence-corrected chi connectivity index (χ3v) is 5.42. The van der Waals surface area contributed by atoms with E-state index in [1.54, 1.807) is 4.90 Å². The largest absolute Gasteiger partial charge is 0.352 e. The van der Waals surface area contributed by atoms with Crippen LogP contribution >= 0.6 is 15.9 Å². The Morgan fingerprint density at radius 3 is 2.91 bits per heavy atom.